The first-order chi connectivity index (χ1) is 8.15. The molecule has 0 unspecified atom stereocenters. The molecule has 0 spiro atoms. The molecule has 5 heteroatoms. The van der Waals surface area contributed by atoms with Crippen LogP contribution in [-0.4, -0.2) is 18.2 Å². The lowest BCUT2D eigenvalue weighted by Gasteiger charge is -2.06. The summed E-state index contributed by atoms with van der Waals surface area (Å²) < 4.78 is 0.956. The summed E-state index contributed by atoms with van der Waals surface area (Å²) in [5.74, 6) is 1.24. The quantitative estimate of drug-likeness (QED) is 0.649. The maximum absolute atomic E-state index is 11.5. The van der Waals surface area contributed by atoms with Crippen LogP contribution in [0.2, 0.25) is 0 Å². The number of nitrogens with one attached hydrogen (secondary N) is 1. The highest BCUT2D eigenvalue weighted by molar-refractivity contribution is 9.10. The number of halogens is 1. The highest BCUT2D eigenvalue weighted by atomic mass is 79.9. The third-order valence-electron chi connectivity index (χ3n) is 2.62. The predicted octanol–water partition coefficient (Wildman–Crippen LogP) is 2.65. The molecule has 1 aliphatic rings. The molecule has 1 aliphatic carbocycles. The molecule has 1 aromatic carbocycles. The number of hydrogen-bond acceptors (Lipinski definition) is 3. The Morgan fingerprint density at radius 2 is 2.29 bits per heavy atom. The van der Waals surface area contributed by atoms with E-state index in [0.29, 0.717) is 11.4 Å². The van der Waals surface area contributed by atoms with E-state index >= 15 is 0 Å². The van der Waals surface area contributed by atoms with Crippen LogP contribution < -0.4 is 11.1 Å². The van der Waals surface area contributed by atoms with E-state index in [2.05, 4.69) is 21.2 Å². The lowest BCUT2D eigenvalue weighted by molar-refractivity contribution is -0.118. The summed E-state index contributed by atoms with van der Waals surface area (Å²) in [6, 6.07) is 5.71. The summed E-state index contributed by atoms with van der Waals surface area (Å²) in [7, 11) is 0. The van der Waals surface area contributed by atoms with Gasteiger partial charge in [0.25, 0.3) is 0 Å². The Bertz CT molecular complexity index is 421. The molecule has 1 saturated carbocycles. The van der Waals surface area contributed by atoms with Crippen molar-refractivity contribution in [2.45, 2.75) is 17.7 Å². The minimum atomic E-state index is 0.0872. The van der Waals surface area contributed by atoms with Gasteiger partial charge in [-0.1, -0.05) is 15.9 Å². The van der Waals surface area contributed by atoms with Gasteiger partial charge in [0, 0.05) is 21.6 Å². The van der Waals surface area contributed by atoms with Crippen LogP contribution >= 0.6 is 27.7 Å². The predicted molar refractivity (Wildman–Crippen MR) is 75.0 cm³/mol. The zero-order valence-electron chi connectivity index (χ0n) is 9.41. The van der Waals surface area contributed by atoms with Gasteiger partial charge in [-0.05, 0) is 37.0 Å². The van der Waals surface area contributed by atoms with Gasteiger partial charge in [0.2, 0.25) is 5.91 Å². The van der Waals surface area contributed by atoms with Gasteiger partial charge in [-0.2, -0.15) is 0 Å². The maximum Gasteiger partial charge on any atom is 0.230 e. The van der Waals surface area contributed by atoms with Crippen molar-refractivity contribution < 1.29 is 4.79 Å². The molecule has 1 amide bonds. The number of hydrogen-bond donors (Lipinski definition) is 2. The molecular formula is C12H15BrN2OS. The van der Waals surface area contributed by atoms with E-state index in [1.807, 2.05) is 18.2 Å². The van der Waals surface area contributed by atoms with E-state index in [1.54, 1.807) is 0 Å². The van der Waals surface area contributed by atoms with E-state index in [-0.39, 0.29) is 5.91 Å². The van der Waals surface area contributed by atoms with Crippen molar-refractivity contribution in [2.75, 3.05) is 18.0 Å². The molecule has 0 bridgehead atoms. The number of carbonyl (C=O) groups excluding carboxylic acids is 1. The Labute approximate surface area is 114 Å². The third kappa shape index (κ3) is 4.24. The zero-order chi connectivity index (χ0) is 12.3. The van der Waals surface area contributed by atoms with Crippen molar-refractivity contribution in [3.63, 3.8) is 0 Å². The minimum absolute atomic E-state index is 0.0872. The first-order valence-corrected chi connectivity index (χ1v) is 7.37. The Morgan fingerprint density at radius 1 is 1.53 bits per heavy atom. The molecule has 92 valence electrons. The van der Waals surface area contributed by atoms with Gasteiger partial charge in [-0.3, -0.25) is 4.79 Å². The van der Waals surface area contributed by atoms with Crippen molar-refractivity contribution >= 4 is 39.3 Å². The van der Waals surface area contributed by atoms with Gasteiger partial charge in [0.05, 0.1) is 5.75 Å². The monoisotopic (exact) mass is 314 g/mol. The molecule has 0 atom stereocenters. The average molecular weight is 315 g/mol. The lowest BCUT2D eigenvalue weighted by atomic mass is 10.3. The maximum atomic E-state index is 11.5. The number of benzene rings is 1. The molecule has 1 aromatic rings. The number of amides is 1. The van der Waals surface area contributed by atoms with Crippen LogP contribution in [0.4, 0.5) is 5.69 Å². The second-order valence-corrected chi connectivity index (χ2v) is 6.15. The minimum Gasteiger partial charge on any atom is -0.398 e. The summed E-state index contributed by atoms with van der Waals surface area (Å²) in [4.78, 5) is 12.5. The molecule has 0 saturated heterocycles. The van der Waals surface area contributed by atoms with Crippen molar-refractivity contribution in [2.24, 2.45) is 5.92 Å². The number of rotatable bonds is 5. The lowest BCUT2D eigenvalue weighted by Crippen LogP contribution is -2.27. The van der Waals surface area contributed by atoms with E-state index in [4.69, 9.17) is 5.73 Å². The van der Waals surface area contributed by atoms with Gasteiger partial charge >= 0.3 is 0 Å². The van der Waals surface area contributed by atoms with Crippen molar-refractivity contribution in [3.8, 4) is 0 Å². The Morgan fingerprint density at radius 3 is 2.94 bits per heavy atom. The van der Waals surface area contributed by atoms with E-state index in [0.717, 1.165) is 21.8 Å². The standard InChI is InChI=1S/C12H15BrN2OS/c13-9-3-4-11(10(14)5-9)17-7-12(16)15-6-8-1-2-8/h3-5,8H,1-2,6-7,14H2,(H,15,16). The number of nitrogen functional groups attached to an aromatic ring is 1. The van der Waals surface area contributed by atoms with E-state index in [9.17, 15) is 4.79 Å². The first-order valence-electron chi connectivity index (χ1n) is 5.59. The highest BCUT2D eigenvalue weighted by Crippen LogP contribution is 2.29. The molecule has 0 radical (unpaired) electrons. The summed E-state index contributed by atoms with van der Waals surface area (Å²) in [6.07, 6.45) is 2.51. The first kappa shape index (κ1) is 12.8. The van der Waals surface area contributed by atoms with Crippen LogP contribution in [0, 0.1) is 5.92 Å². The molecule has 2 rings (SSSR count). The number of thioether (sulfide) groups is 1. The summed E-state index contributed by atoms with van der Waals surface area (Å²) in [5, 5.41) is 2.94. The van der Waals surface area contributed by atoms with Gasteiger partial charge in [0.15, 0.2) is 0 Å². The fourth-order valence-corrected chi connectivity index (χ4v) is 2.58. The van der Waals surface area contributed by atoms with Crippen molar-refractivity contribution in [3.05, 3.63) is 22.7 Å². The van der Waals surface area contributed by atoms with Gasteiger partial charge < -0.3 is 11.1 Å². The Kier molecular flexibility index (Phi) is 4.34. The van der Waals surface area contributed by atoms with E-state index < -0.39 is 0 Å². The second-order valence-electron chi connectivity index (χ2n) is 4.22. The van der Waals surface area contributed by atoms with Crippen LogP contribution in [0.1, 0.15) is 12.8 Å². The van der Waals surface area contributed by atoms with Crippen LogP contribution in [0.3, 0.4) is 0 Å². The van der Waals surface area contributed by atoms with Crippen LogP contribution in [0.25, 0.3) is 0 Å². The Hall–Kier alpha value is -0.680. The molecule has 3 N–H and O–H groups in total. The van der Waals surface area contributed by atoms with Crippen LogP contribution in [-0.2, 0) is 4.79 Å². The molecule has 1 fully saturated rings. The molecule has 3 nitrogen and oxygen atoms in total. The molecular weight excluding hydrogens is 300 g/mol. The normalized spacial score (nSPS) is 14.6. The fourth-order valence-electron chi connectivity index (χ4n) is 1.43. The summed E-state index contributed by atoms with van der Waals surface area (Å²) in [6.45, 7) is 0.829. The summed E-state index contributed by atoms with van der Waals surface area (Å²) >= 11 is 4.83. The van der Waals surface area contributed by atoms with Crippen molar-refractivity contribution in [1.29, 1.82) is 0 Å². The second kappa shape index (κ2) is 5.78. The number of carbonyl (C=O) groups is 1. The number of nitrogens with two attached hydrogens (primary N) is 1. The fraction of sp³-hybridized carbons (Fsp3) is 0.417. The number of anilines is 1. The third-order valence-corrected chi connectivity index (χ3v) is 4.20. The Balaban J connectivity index is 1.77. The van der Waals surface area contributed by atoms with Crippen molar-refractivity contribution in [1.82, 2.24) is 5.32 Å². The van der Waals surface area contributed by atoms with E-state index in [1.165, 1.54) is 24.6 Å². The van der Waals surface area contributed by atoms with Gasteiger partial charge in [0.1, 0.15) is 0 Å². The molecule has 0 aliphatic heterocycles. The van der Waals surface area contributed by atoms with Crippen LogP contribution in [0.5, 0.6) is 0 Å². The molecule has 0 heterocycles. The smallest absolute Gasteiger partial charge is 0.230 e. The summed E-state index contributed by atoms with van der Waals surface area (Å²) in [5.41, 5.74) is 6.56. The average Bonchev–Trinajstić information content (AvgIpc) is 3.09. The van der Waals surface area contributed by atoms with Gasteiger partial charge in [-0.25, -0.2) is 0 Å². The zero-order valence-corrected chi connectivity index (χ0v) is 11.8. The van der Waals surface area contributed by atoms with Crippen LogP contribution in [0.15, 0.2) is 27.6 Å². The highest BCUT2D eigenvalue weighted by Gasteiger charge is 2.21. The largest absolute Gasteiger partial charge is 0.398 e. The topological polar surface area (TPSA) is 55.1 Å². The molecule has 17 heavy (non-hydrogen) atoms. The molecule has 0 aromatic heterocycles. The van der Waals surface area contributed by atoms with Gasteiger partial charge in [-0.15, -0.1) is 11.8 Å². The SMILES string of the molecule is Nc1cc(Br)ccc1SCC(=O)NCC1CC1.